The number of hydrogen-bond acceptors (Lipinski definition) is 4. The van der Waals surface area contributed by atoms with Crippen molar-refractivity contribution in [3.63, 3.8) is 0 Å². The highest BCUT2D eigenvalue weighted by Crippen LogP contribution is 2.16. The molecule has 1 amide bonds. The van der Waals surface area contributed by atoms with E-state index in [1.54, 1.807) is 35.4 Å². The van der Waals surface area contributed by atoms with E-state index in [1.807, 2.05) is 0 Å². The maximum absolute atomic E-state index is 11.9. The van der Waals surface area contributed by atoms with Crippen LogP contribution in [0.15, 0.2) is 48.7 Å². The minimum absolute atomic E-state index is 0.0402. The van der Waals surface area contributed by atoms with Crippen LogP contribution in [-0.4, -0.2) is 34.6 Å². The minimum Gasteiger partial charge on any atom is -0.397 e. The lowest BCUT2D eigenvalue weighted by atomic mass is 10.4. The van der Waals surface area contributed by atoms with Crippen molar-refractivity contribution in [2.45, 2.75) is 5.03 Å². The Morgan fingerprint density at radius 1 is 1.39 bits per heavy atom. The monoisotopic (exact) mass is 263 g/mol. The van der Waals surface area contributed by atoms with Crippen LogP contribution in [0.1, 0.15) is 0 Å². The van der Waals surface area contributed by atoms with Gasteiger partial charge in [0.15, 0.2) is 0 Å². The van der Waals surface area contributed by atoms with Gasteiger partial charge in [-0.05, 0) is 12.1 Å². The van der Waals surface area contributed by atoms with E-state index in [0.717, 1.165) is 5.03 Å². The molecule has 1 heterocycles. The van der Waals surface area contributed by atoms with Crippen molar-refractivity contribution in [3.05, 3.63) is 43.6 Å². The van der Waals surface area contributed by atoms with Gasteiger partial charge in [-0.3, -0.25) is 4.79 Å². The molecule has 0 aliphatic rings. The number of anilines is 1. The van der Waals surface area contributed by atoms with Gasteiger partial charge in [0.05, 0.1) is 22.7 Å². The van der Waals surface area contributed by atoms with Gasteiger partial charge < -0.3 is 10.6 Å². The van der Waals surface area contributed by atoms with Crippen LogP contribution in [0.4, 0.5) is 5.69 Å². The van der Waals surface area contributed by atoms with Gasteiger partial charge in [0, 0.05) is 13.1 Å². The Bertz CT molecular complexity index is 407. The smallest absolute Gasteiger partial charge is 0.233 e. The molecule has 5 heteroatoms. The van der Waals surface area contributed by atoms with E-state index in [9.17, 15) is 4.79 Å². The fraction of sp³-hybridized carbons (Fsp3) is 0.231. The average Bonchev–Trinajstić information content (AvgIpc) is 2.37. The molecule has 0 saturated heterocycles. The summed E-state index contributed by atoms with van der Waals surface area (Å²) in [6.45, 7) is 8.32. The SMILES string of the molecule is C=CCN(CC=C)C(=O)CSc1ccc(N)cn1. The molecule has 0 aromatic carbocycles. The summed E-state index contributed by atoms with van der Waals surface area (Å²) in [5.41, 5.74) is 6.16. The zero-order valence-electron chi connectivity index (χ0n) is 10.2. The second-order valence-electron chi connectivity index (χ2n) is 3.59. The molecule has 0 radical (unpaired) electrons. The Kier molecular flexibility index (Phi) is 6.00. The van der Waals surface area contributed by atoms with Crippen LogP contribution in [0.2, 0.25) is 0 Å². The minimum atomic E-state index is 0.0402. The highest BCUT2D eigenvalue weighted by molar-refractivity contribution is 7.99. The Balaban J connectivity index is 2.50. The van der Waals surface area contributed by atoms with Gasteiger partial charge in [0.1, 0.15) is 0 Å². The molecule has 0 fully saturated rings. The van der Waals surface area contributed by atoms with Crippen LogP contribution < -0.4 is 5.73 Å². The number of thioether (sulfide) groups is 1. The second-order valence-corrected chi connectivity index (χ2v) is 4.59. The normalized spacial score (nSPS) is 9.78. The predicted molar refractivity (Wildman–Crippen MR) is 76.3 cm³/mol. The first-order valence-corrected chi connectivity index (χ1v) is 6.49. The summed E-state index contributed by atoms with van der Waals surface area (Å²) in [4.78, 5) is 17.7. The van der Waals surface area contributed by atoms with Crippen molar-refractivity contribution in [3.8, 4) is 0 Å². The average molecular weight is 263 g/mol. The number of carbonyl (C=O) groups is 1. The number of amides is 1. The summed E-state index contributed by atoms with van der Waals surface area (Å²) in [5.74, 6) is 0.386. The van der Waals surface area contributed by atoms with Crippen LogP contribution in [0.25, 0.3) is 0 Å². The molecule has 0 unspecified atom stereocenters. The topological polar surface area (TPSA) is 59.2 Å². The Labute approximate surface area is 112 Å². The lowest BCUT2D eigenvalue weighted by molar-refractivity contribution is -0.127. The maximum atomic E-state index is 11.9. The molecular formula is C13H17N3OS. The zero-order valence-corrected chi connectivity index (χ0v) is 11.0. The largest absolute Gasteiger partial charge is 0.397 e. The van der Waals surface area contributed by atoms with E-state index >= 15 is 0 Å². The number of hydrogen-bond donors (Lipinski definition) is 1. The molecule has 1 aromatic heterocycles. The number of nitrogens with zero attached hydrogens (tertiary/aromatic N) is 2. The molecular weight excluding hydrogens is 246 g/mol. The van der Waals surface area contributed by atoms with E-state index in [-0.39, 0.29) is 5.91 Å². The van der Waals surface area contributed by atoms with Crippen LogP contribution in [-0.2, 0) is 4.79 Å². The van der Waals surface area contributed by atoms with Gasteiger partial charge in [-0.25, -0.2) is 4.98 Å². The third-order valence-electron chi connectivity index (χ3n) is 2.15. The summed E-state index contributed by atoms with van der Waals surface area (Å²) in [7, 11) is 0. The maximum Gasteiger partial charge on any atom is 0.233 e. The molecule has 4 nitrogen and oxygen atoms in total. The van der Waals surface area contributed by atoms with Crippen molar-refractivity contribution in [2.24, 2.45) is 0 Å². The van der Waals surface area contributed by atoms with Gasteiger partial charge in [0.25, 0.3) is 0 Å². The van der Waals surface area contributed by atoms with Crippen LogP contribution >= 0.6 is 11.8 Å². The third-order valence-corrected chi connectivity index (χ3v) is 3.08. The van der Waals surface area contributed by atoms with Crippen LogP contribution in [0, 0.1) is 0 Å². The number of carbonyl (C=O) groups excluding carboxylic acids is 1. The van der Waals surface area contributed by atoms with Gasteiger partial charge in [-0.1, -0.05) is 23.9 Å². The highest BCUT2D eigenvalue weighted by Gasteiger charge is 2.11. The predicted octanol–water partition coefficient (Wildman–Crippen LogP) is 1.96. The van der Waals surface area contributed by atoms with Gasteiger partial charge in [-0.2, -0.15) is 0 Å². The summed E-state index contributed by atoms with van der Waals surface area (Å²) < 4.78 is 0. The van der Waals surface area contributed by atoms with Crippen LogP contribution in [0.3, 0.4) is 0 Å². The fourth-order valence-corrected chi connectivity index (χ4v) is 2.04. The van der Waals surface area contributed by atoms with E-state index < -0.39 is 0 Å². The molecule has 0 atom stereocenters. The standard InChI is InChI=1S/C13H17N3OS/c1-3-7-16(8-4-2)13(17)10-18-12-6-5-11(14)9-15-12/h3-6,9H,1-2,7-8,10,14H2. The van der Waals surface area contributed by atoms with Gasteiger partial charge in [-0.15, -0.1) is 13.2 Å². The first-order valence-electron chi connectivity index (χ1n) is 5.51. The number of nitrogens with two attached hydrogens (primary N) is 1. The molecule has 0 bridgehead atoms. The molecule has 96 valence electrons. The first-order chi connectivity index (χ1) is 8.67. The molecule has 1 aromatic rings. The van der Waals surface area contributed by atoms with Crippen molar-refractivity contribution < 1.29 is 4.79 Å². The Morgan fingerprint density at radius 2 is 2.06 bits per heavy atom. The summed E-state index contributed by atoms with van der Waals surface area (Å²) in [5, 5.41) is 0.787. The molecule has 0 saturated carbocycles. The summed E-state index contributed by atoms with van der Waals surface area (Å²) in [6, 6.07) is 3.57. The highest BCUT2D eigenvalue weighted by atomic mass is 32.2. The van der Waals surface area contributed by atoms with Crippen LogP contribution in [0.5, 0.6) is 0 Å². The number of nitrogen functional groups attached to an aromatic ring is 1. The molecule has 0 spiro atoms. The zero-order chi connectivity index (χ0) is 13.4. The van der Waals surface area contributed by atoms with E-state index in [1.165, 1.54) is 11.8 Å². The number of aromatic nitrogens is 1. The molecule has 2 N–H and O–H groups in total. The number of pyridine rings is 1. The van der Waals surface area contributed by atoms with E-state index in [4.69, 9.17) is 5.73 Å². The lowest BCUT2D eigenvalue weighted by Crippen LogP contribution is -2.32. The molecule has 0 aliphatic heterocycles. The number of rotatable bonds is 7. The quantitative estimate of drug-likeness (QED) is 0.603. The van der Waals surface area contributed by atoms with Crippen molar-refractivity contribution in [1.82, 2.24) is 9.88 Å². The molecule has 1 rings (SSSR count). The third kappa shape index (κ3) is 4.63. The van der Waals surface area contributed by atoms with Gasteiger partial charge >= 0.3 is 0 Å². The molecule has 0 aliphatic carbocycles. The Hall–Kier alpha value is -1.75. The fourth-order valence-electron chi connectivity index (χ4n) is 1.29. The second kappa shape index (κ2) is 7.55. The lowest BCUT2D eigenvalue weighted by Gasteiger charge is -2.18. The van der Waals surface area contributed by atoms with Gasteiger partial charge in [0.2, 0.25) is 5.91 Å². The first kappa shape index (κ1) is 14.3. The van der Waals surface area contributed by atoms with Crippen molar-refractivity contribution in [1.29, 1.82) is 0 Å². The Morgan fingerprint density at radius 3 is 2.56 bits per heavy atom. The summed E-state index contributed by atoms with van der Waals surface area (Å²) in [6.07, 6.45) is 4.99. The van der Waals surface area contributed by atoms with E-state index in [0.29, 0.717) is 24.5 Å². The van der Waals surface area contributed by atoms with Crippen molar-refractivity contribution in [2.75, 3.05) is 24.6 Å². The van der Waals surface area contributed by atoms with E-state index in [2.05, 4.69) is 18.1 Å². The van der Waals surface area contributed by atoms with Crippen molar-refractivity contribution >= 4 is 23.4 Å². The summed E-state index contributed by atoms with van der Waals surface area (Å²) >= 11 is 1.39. The molecule has 18 heavy (non-hydrogen) atoms.